The second kappa shape index (κ2) is 5.07. The van der Waals surface area contributed by atoms with E-state index in [1.807, 2.05) is 30.3 Å². The third-order valence-electron chi connectivity index (χ3n) is 3.63. The second-order valence-electron chi connectivity index (χ2n) is 5.05. The lowest BCUT2D eigenvalue weighted by Crippen LogP contribution is -1.86. The molecule has 2 aromatic heterocycles. The van der Waals surface area contributed by atoms with Crippen molar-refractivity contribution >= 4 is 10.9 Å². The molecule has 0 bridgehead atoms. The minimum absolute atomic E-state index is 0.269. The topological polar surface area (TPSA) is 41.6 Å². The van der Waals surface area contributed by atoms with Gasteiger partial charge in [-0.15, -0.1) is 0 Å². The van der Waals surface area contributed by atoms with Crippen molar-refractivity contribution in [3.8, 4) is 22.5 Å². The van der Waals surface area contributed by atoms with Crippen LogP contribution in [0.4, 0.5) is 4.39 Å². The second-order valence-corrected chi connectivity index (χ2v) is 5.05. The molecule has 3 nitrogen and oxygen atoms in total. The first-order valence-corrected chi connectivity index (χ1v) is 6.96. The largest absolute Gasteiger partial charge is 0.344 e. The van der Waals surface area contributed by atoms with E-state index in [-0.39, 0.29) is 5.82 Å². The van der Waals surface area contributed by atoms with Crippen molar-refractivity contribution in [1.82, 2.24) is 15.0 Å². The zero-order chi connectivity index (χ0) is 14.9. The average molecular weight is 289 g/mol. The normalized spacial score (nSPS) is 11.0. The molecule has 0 aliphatic rings. The first-order chi connectivity index (χ1) is 10.8. The van der Waals surface area contributed by atoms with E-state index in [0.717, 1.165) is 33.4 Å². The number of aromatic amines is 1. The highest BCUT2D eigenvalue weighted by atomic mass is 19.1. The van der Waals surface area contributed by atoms with Gasteiger partial charge in [-0.05, 0) is 30.3 Å². The van der Waals surface area contributed by atoms with E-state index in [2.05, 4.69) is 21.0 Å². The molecular weight excluding hydrogens is 277 g/mol. The number of nitrogens with one attached hydrogen (secondary N) is 1. The number of rotatable bonds is 2. The van der Waals surface area contributed by atoms with Crippen molar-refractivity contribution in [2.24, 2.45) is 0 Å². The third kappa shape index (κ3) is 2.15. The van der Waals surface area contributed by atoms with Crippen molar-refractivity contribution < 1.29 is 4.39 Å². The Morgan fingerprint density at radius 2 is 1.82 bits per heavy atom. The fourth-order valence-corrected chi connectivity index (χ4v) is 2.60. The van der Waals surface area contributed by atoms with Crippen LogP contribution < -0.4 is 0 Å². The first-order valence-electron chi connectivity index (χ1n) is 6.96. The van der Waals surface area contributed by atoms with Crippen LogP contribution in [-0.4, -0.2) is 15.0 Å². The monoisotopic (exact) mass is 289 g/mol. The summed E-state index contributed by atoms with van der Waals surface area (Å²) in [5, 5.41) is 1.06. The summed E-state index contributed by atoms with van der Waals surface area (Å²) in [7, 11) is 0. The predicted molar refractivity (Wildman–Crippen MR) is 84.7 cm³/mol. The Bertz CT molecular complexity index is 959. The van der Waals surface area contributed by atoms with Crippen molar-refractivity contribution in [3.05, 3.63) is 72.9 Å². The van der Waals surface area contributed by atoms with E-state index in [0.29, 0.717) is 0 Å². The zero-order valence-corrected chi connectivity index (χ0v) is 11.6. The van der Waals surface area contributed by atoms with Crippen LogP contribution >= 0.6 is 0 Å². The summed E-state index contributed by atoms with van der Waals surface area (Å²) in [5.41, 5.74) is 4.30. The molecule has 4 rings (SSSR count). The maximum atomic E-state index is 13.5. The standard InChI is InChI=1S/C18H12FN3/c19-15-5-1-3-13(10-15)17-18(22-11-21-17)14-6-7-16-12(9-14)4-2-8-20-16/h1-11H,(H,21,22). The molecule has 22 heavy (non-hydrogen) atoms. The Balaban J connectivity index is 1.87. The van der Waals surface area contributed by atoms with E-state index in [1.54, 1.807) is 18.6 Å². The van der Waals surface area contributed by atoms with Gasteiger partial charge >= 0.3 is 0 Å². The van der Waals surface area contributed by atoms with E-state index < -0.39 is 0 Å². The number of pyridine rings is 1. The molecule has 0 fully saturated rings. The van der Waals surface area contributed by atoms with Gasteiger partial charge in [0.15, 0.2) is 0 Å². The van der Waals surface area contributed by atoms with Crippen molar-refractivity contribution in [3.63, 3.8) is 0 Å². The van der Waals surface area contributed by atoms with Crippen molar-refractivity contribution in [1.29, 1.82) is 0 Å². The Hall–Kier alpha value is -3.01. The van der Waals surface area contributed by atoms with E-state index >= 15 is 0 Å². The lowest BCUT2D eigenvalue weighted by molar-refractivity contribution is 0.628. The molecule has 0 amide bonds. The summed E-state index contributed by atoms with van der Waals surface area (Å²) in [4.78, 5) is 11.8. The van der Waals surface area contributed by atoms with E-state index in [9.17, 15) is 4.39 Å². The van der Waals surface area contributed by atoms with Crippen molar-refractivity contribution in [2.45, 2.75) is 0 Å². The number of nitrogens with zero attached hydrogens (tertiary/aromatic N) is 2. The maximum Gasteiger partial charge on any atom is 0.123 e. The maximum absolute atomic E-state index is 13.5. The van der Waals surface area contributed by atoms with Crippen LogP contribution in [0.5, 0.6) is 0 Å². The van der Waals surface area contributed by atoms with Gasteiger partial charge in [0, 0.05) is 22.7 Å². The van der Waals surface area contributed by atoms with Crippen LogP contribution in [0, 0.1) is 5.82 Å². The van der Waals surface area contributed by atoms with Gasteiger partial charge in [-0.1, -0.05) is 24.3 Å². The van der Waals surface area contributed by atoms with Gasteiger partial charge in [0.05, 0.1) is 23.2 Å². The minimum atomic E-state index is -0.269. The summed E-state index contributed by atoms with van der Waals surface area (Å²) in [6, 6.07) is 16.4. The van der Waals surface area contributed by atoms with E-state index in [1.165, 1.54) is 12.1 Å². The highest BCUT2D eigenvalue weighted by molar-refractivity contribution is 5.87. The lowest BCUT2D eigenvalue weighted by atomic mass is 10.0. The molecule has 0 aliphatic heterocycles. The minimum Gasteiger partial charge on any atom is -0.344 e. The van der Waals surface area contributed by atoms with Crippen LogP contribution in [0.15, 0.2) is 67.1 Å². The Morgan fingerprint density at radius 1 is 0.864 bits per heavy atom. The number of hydrogen-bond acceptors (Lipinski definition) is 2. The van der Waals surface area contributed by atoms with Crippen LogP contribution in [0.1, 0.15) is 0 Å². The molecule has 0 atom stereocenters. The molecule has 0 saturated carbocycles. The van der Waals surface area contributed by atoms with Gasteiger partial charge in [0.25, 0.3) is 0 Å². The SMILES string of the molecule is Fc1cccc(-c2nc[nH]c2-c2ccc3ncccc3c2)c1. The van der Waals surface area contributed by atoms with Crippen LogP contribution in [-0.2, 0) is 0 Å². The number of benzene rings is 2. The van der Waals surface area contributed by atoms with Crippen LogP contribution in [0.25, 0.3) is 33.4 Å². The molecule has 4 aromatic rings. The van der Waals surface area contributed by atoms with Gasteiger partial charge in [-0.2, -0.15) is 0 Å². The fraction of sp³-hybridized carbons (Fsp3) is 0. The van der Waals surface area contributed by atoms with Crippen LogP contribution in [0.2, 0.25) is 0 Å². The van der Waals surface area contributed by atoms with Gasteiger partial charge in [-0.3, -0.25) is 4.98 Å². The summed E-state index contributed by atoms with van der Waals surface area (Å²) < 4.78 is 13.5. The summed E-state index contributed by atoms with van der Waals surface area (Å²) in [6.07, 6.45) is 3.40. The number of imidazole rings is 1. The smallest absolute Gasteiger partial charge is 0.123 e. The highest BCUT2D eigenvalue weighted by Gasteiger charge is 2.11. The van der Waals surface area contributed by atoms with Gasteiger partial charge in [0.2, 0.25) is 0 Å². The molecular formula is C18H12FN3. The summed E-state index contributed by atoms with van der Waals surface area (Å²) >= 11 is 0. The molecule has 106 valence electrons. The molecule has 4 heteroatoms. The average Bonchev–Trinajstić information content (AvgIpc) is 3.04. The molecule has 2 heterocycles. The summed E-state index contributed by atoms with van der Waals surface area (Å²) in [6.45, 7) is 0. The molecule has 1 N–H and O–H groups in total. The number of fused-ring (bicyclic) bond motifs is 1. The Morgan fingerprint density at radius 3 is 2.73 bits per heavy atom. The van der Waals surface area contributed by atoms with Gasteiger partial charge in [-0.25, -0.2) is 9.37 Å². The number of hydrogen-bond donors (Lipinski definition) is 1. The highest BCUT2D eigenvalue weighted by Crippen LogP contribution is 2.30. The van der Waals surface area contributed by atoms with Gasteiger partial charge < -0.3 is 4.98 Å². The number of aromatic nitrogens is 3. The Kier molecular flexibility index (Phi) is 2.93. The first kappa shape index (κ1) is 12.7. The Labute approximate surface area is 126 Å². The summed E-state index contributed by atoms with van der Waals surface area (Å²) in [5.74, 6) is -0.269. The molecule has 0 saturated heterocycles. The molecule has 0 spiro atoms. The lowest BCUT2D eigenvalue weighted by Gasteiger charge is -2.05. The predicted octanol–water partition coefficient (Wildman–Crippen LogP) is 4.43. The fourth-order valence-electron chi connectivity index (χ4n) is 2.60. The van der Waals surface area contributed by atoms with Crippen LogP contribution in [0.3, 0.4) is 0 Å². The number of H-pyrrole nitrogens is 1. The molecule has 0 aliphatic carbocycles. The number of halogens is 1. The molecule has 0 unspecified atom stereocenters. The zero-order valence-electron chi connectivity index (χ0n) is 11.6. The third-order valence-corrected chi connectivity index (χ3v) is 3.63. The molecule has 0 radical (unpaired) electrons. The van der Waals surface area contributed by atoms with Gasteiger partial charge in [0.1, 0.15) is 5.82 Å². The van der Waals surface area contributed by atoms with Crippen molar-refractivity contribution in [2.75, 3.05) is 0 Å². The quantitative estimate of drug-likeness (QED) is 0.593. The van der Waals surface area contributed by atoms with E-state index in [4.69, 9.17) is 0 Å². The molecule has 2 aromatic carbocycles.